The van der Waals surface area contributed by atoms with Gasteiger partial charge in [-0.3, -0.25) is 0 Å². The minimum absolute atomic E-state index is 0.0488. The highest BCUT2D eigenvalue weighted by molar-refractivity contribution is 5.45. The Morgan fingerprint density at radius 3 is 2.64 bits per heavy atom. The van der Waals surface area contributed by atoms with Crippen LogP contribution in [0.4, 0.5) is 5.82 Å². The molecule has 0 amide bonds. The largest absolute Gasteiger partial charge is 0.382 e. The van der Waals surface area contributed by atoms with Crippen LogP contribution in [0.2, 0.25) is 0 Å². The van der Waals surface area contributed by atoms with Crippen molar-refractivity contribution in [1.82, 2.24) is 14.6 Å². The van der Waals surface area contributed by atoms with Crippen LogP contribution in [-0.4, -0.2) is 14.6 Å². The average Bonchev–Trinajstić information content (AvgIpc) is 2.41. The predicted molar refractivity (Wildman–Crippen MR) is 56.1 cm³/mol. The van der Waals surface area contributed by atoms with Crippen LogP contribution in [0.3, 0.4) is 0 Å². The van der Waals surface area contributed by atoms with Crippen LogP contribution in [0.25, 0.3) is 5.65 Å². The number of imidazole rings is 1. The van der Waals surface area contributed by atoms with Crippen molar-refractivity contribution >= 4 is 11.5 Å². The van der Waals surface area contributed by atoms with Gasteiger partial charge in [0, 0.05) is 5.41 Å². The maximum Gasteiger partial charge on any atom is 0.155 e. The zero-order valence-electron chi connectivity index (χ0n) is 8.65. The van der Waals surface area contributed by atoms with E-state index >= 15 is 0 Å². The Hall–Kier alpha value is -1.58. The molecule has 0 fully saturated rings. The summed E-state index contributed by atoms with van der Waals surface area (Å²) in [6.07, 6.45) is 1.73. The summed E-state index contributed by atoms with van der Waals surface area (Å²) in [4.78, 5) is 4.11. The lowest BCUT2D eigenvalue weighted by Gasteiger charge is -2.16. The molecule has 2 aromatic heterocycles. The van der Waals surface area contributed by atoms with E-state index in [4.69, 9.17) is 5.73 Å². The summed E-state index contributed by atoms with van der Waals surface area (Å²) >= 11 is 0. The fourth-order valence-electron chi connectivity index (χ4n) is 1.30. The molecular formula is C10H14N4. The van der Waals surface area contributed by atoms with Gasteiger partial charge < -0.3 is 5.73 Å². The summed E-state index contributed by atoms with van der Waals surface area (Å²) in [6.45, 7) is 6.38. The van der Waals surface area contributed by atoms with Crippen molar-refractivity contribution in [3.8, 4) is 0 Å². The minimum atomic E-state index is 0.0488. The van der Waals surface area contributed by atoms with Crippen molar-refractivity contribution in [3.63, 3.8) is 0 Å². The molecular weight excluding hydrogens is 176 g/mol. The predicted octanol–water partition coefficient (Wildman–Crippen LogP) is 1.61. The highest BCUT2D eigenvalue weighted by Gasteiger charge is 2.16. The van der Waals surface area contributed by atoms with E-state index in [2.05, 4.69) is 30.9 Å². The number of anilines is 1. The molecule has 2 aromatic rings. The van der Waals surface area contributed by atoms with Crippen molar-refractivity contribution in [2.45, 2.75) is 26.2 Å². The molecule has 0 bridgehead atoms. The van der Waals surface area contributed by atoms with E-state index in [0.717, 1.165) is 11.3 Å². The van der Waals surface area contributed by atoms with E-state index in [1.807, 2.05) is 12.1 Å². The van der Waals surface area contributed by atoms with Crippen molar-refractivity contribution in [2.24, 2.45) is 0 Å². The lowest BCUT2D eigenvalue weighted by atomic mass is 9.92. The summed E-state index contributed by atoms with van der Waals surface area (Å²) in [7, 11) is 0. The molecule has 0 radical (unpaired) electrons. The van der Waals surface area contributed by atoms with Gasteiger partial charge in [0.05, 0.1) is 11.9 Å². The van der Waals surface area contributed by atoms with Gasteiger partial charge in [-0.15, -0.1) is 0 Å². The third-order valence-corrected chi connectivity index (χ3v) is 2.11. The van der Waals surface area contributed by atoms with Crippen LogP contribution in [0.5, 0.6) is 0 Å². The average molecular weight is 190 g/mol. The number of rotatable bonds is 0. The molecule has 2 N–H and O–H groups in total. The second-order valence-electron chi connectivity index (χ2n) is 4.44. The Balaban J connectivity index is 2.62. The van der Waals surface area contributed by atoms with Crippen LogP contribution < -0.4 is 5.73 Å². The van der Waals surface area contributed by atoms with Crippen molar-refractivity contribution in [1.29, 1.82) is 0 Å². The monoisotopic (exact) mass is 190 g/mol. The fraction of sp³-hybridized carbons (Fsp3) is 0.400. The Morgan fingerprint density at radius 1 is 1.29 bits per heavy atom. The molecule has 0 aliphatic rings. The number of hydrogen-bond acceptors (Lipinski definition) is 3. The van der Waals surface area contributed by atoms with Gasteiger partial charge in [-0.1, -0.05) is 20.8 Å². The first-order valence-corrected chi connectivity index (χ1v) is 4.59. The molecule has 0 atom stereocenters. The lowest BCUT2D eigenvalue weighted by molar-refractivity contribution is 0.554. The van der Waals surface area contributed by atoms with Gasteiger partial charge >= 0.3 is 0 Å². The maximum absolute atomic E-state index is 5.58. The SMILES string of the molecule is CC(C)(C)c1ccc2nc(N)cn2n1. The first-order chi connectivity index (χ1) is 6.47. The second-order valence-corrected chi connectivity index (χ2v) is 4.44. The van der Waals surface area contributed by atoms with Crippen molar-refractivity contribution in [3.05, 3.63) is 24.0 Å². The first-order valence-electron chi connectivity index (χ1n) is 4.59. The fourth-order valence-corrected chi connectivity index (χ4v) is 1.30. The number of nitrogens with zero attached hydrogens (tertiary/aromatic N) is 3. The molecule has 74 valence electrons. The third kappa shape index (κ3) is 1.43. The van der Waals surface area contributed by atoms with E-state index in [1.54, 1.807) is 10.7 Å². The molecule has 0 spiro atoms. The molecule has 0 saturated heterocycles. The van der Waals surface area contributed by atoms with Crippen molar-refractivity contribution in [2.75, 3.05) is 5.73 Å². The molecule has 4 heteroatoms. The van der Waals surface area contributed by atoms with Gasteiger partial charge in [0.2, 0.25) is 0 Å². The van der Waals surface area contributed by atoms with Gasteiger partial charge in [0.15, 0.2) is 5.65 Å². The Morgan fingerprint density at radius 2 is 2.00 bits per heavy atom. The third-order valence-electron chi connectivity index (χ3n) is 2.11. The summed E-state index contributed by atoms with van der Waals surface area (Å²) in [5.41, 5.74) is 7.44. The first kappa shape index (κ1) is 8.99. The van der Waals surface area contributed by atoms with Crippen molar-refractivity contribution < 1.29 is 0 Å². The smallest absolute Gasteiger partial charge is 0.155 e. The molecule has 2 heterocycles. The van der Waals surface area contributed by atoms with Gasteiger partial charge in [0.25, 0.3) is 0 Å². The van der Waals surface area contributed by atoms with Crippen LogP contribution >= 0.6 is 0 Å². The number of fused-ring (bicyclic) bond motifs is 1. The summed E-state index contributed by atoms with van der Waals surface area (Å²) in [5.74, 6) is 0.503. The molecule has 4 nitrogen and oxygen atoms in total. The standard InChI is InChI=1S/C10H14N4/c1-10(2,3)7-4-5-9-12-8(11)6-14(9)13-7/h4-6H,11H2,1-3H3. The molecule has 2 rings (SSSR count). The zero-order valence-corrected chi connectivity index (χ0v) is 8.65. The van der Waals surface area contributed by atoms with Gasteiger partial charge in [-0.25, -0.2) is 9.50 Å². The van der Waals surface area contributed by atoms with Gasteiger partial charge in [0.1, 0.15) is 5.82 Å². The Bertz CT molecular complexity index is 464. The summed E-state index contributed by atoms with van der Waals surface area (Å²) in [6, 6.07) is 3.92. The van der Waals surface area contributed by atoms with E-state index in [9.17, 15) is 0 Å². The van der Waals surface area contributed by atoms with E-state index < -0.39 is 0 Å². The van der Waals surface area contributed by atoms with E-state index in [-0.39, 0.29) is 5.41 Å². The molecule has 0 aromatic carbocycles. The van der Waals surface area contributed by atoms with E-state index in [1.165, 1.54) is 0 Å². The second kappa shape index (κ2) is 2.70. The highest BCUT2D eigenvalue weighted by atomic mass is 15.3. The van der Waals surface area contributed by atoms with Crippen LogP contribution in [-0.2, 0) is 5.41 Å². The number of nitrogens with two attached hydrogens (primary N) is 1. The van der Waals surface area contributed by atoms with Gasteiger partial charge in [-0.2, -0.15) is 5.10 Å². The molecule has 14 heavy (non-hydrogen) atoms. The normalized spacial score (nSPS) is 12.2. The number of hydrogen-bond donors (Lipinski definition) is 1. The molecule has 0 aliphatic carbocycles. The molecule has 0 unspecified atom stereocenters. The summed E-state index contributed by atoms with van der Waals surface area (Å²) < 4.78 is 1.72. The Kier molecular flexibility index (Phi) is 1.74. The summed E-state index contributed by atoms with van der Waals surface area (Å²) in [5, 5.41) is 4.44. The topological polar surface area (TPSA) is 56.2 Å². The molecule has 0 aliphatic heterocycles. The molecule has 0 saturated carbocycles. The van der Waals surface area contributed by atoms with Crippen LogP contribution in [0.15, 0.2) is 18.3 Å². The highest BCUT2D eigenvalue weighted by Crippen LogP contribution is 2.19. The van der Waals surface area contributed by atoms with Crippen LogP contribution in [0.1, 0.15) is 26.5 Å². The zero-order chi connectivity index (χ0) is 10.3. The quantitative estimate of drug-likeness (QED) is 0.686. The van der Waals surface area contributed by atoms with Gasteiger partial charge in [-0.05, 0) is 12.1 Å². The Labute approximate surface area is 82.8 Å². The van der Waals surface area contributed by atoms with Crippen LogP contribution in [0, 0.1) is 0 Å². The minimum Gasteiger partial charge on any atom is -0.382 e. The number of nitrogen functional groups attached to an aromatic ring is 1. The number of aromatic nitrogens is 3. The lowest BCUT2D eigenvalue weighted by Crippen LogP contribution is -2.15. The maximum atomic E-state index is 5.58. The van der Waals surface area contributed by atoms with E-state index in [0.29, 0.717) is 5.82 Å².